The monoisotopic (exact) mass is 285 g/mol. The Bertz CT molecular complexity index is 553. The van der Waals surface area contributed by atoms with E-state index in [-0.39, 0.29) is 17.8 Å². The fraction of sp³-hybridized carbons (Fsp3) is 0.778. The van der Waals surface area contributed by atoms with Gasteiger partial charge in [-0.15, -0.1) is 0 Å². The molecule has 8 unspecified atom stereocenters. The van der Waals surface area contributed by atoms with Gasteiger partial charge in [0.15, 0.2) is 0 Å². The van der Waals surface area contributed by atoms with Crippen LogP contribution in [0.4, 0.5) is 0 Å². The van der Waals surface area contributed by atoms with Crippen molar-refractivity contribution in [3.8, 4) is 6.07 Å². The van der Waals surface area contributed by atoms with Crippen LogP contribution in [0, 0.1) is 58.7 Å². The summed E-state index contributed by atoms with van der Waals surface area (Å²) < 4.78 is 5.63. The number of fused-ring (bicyclic) bond motifs is 9. The number of rotatable bonds is 1. The number of carbonyl (C=O) groups excluding carboxylic acids is 1. The Balaban J connectivity index is 1.63. The van der Waals surface area contributed by atoms with Crippen LogP contribution in [0.5, 0.6) is 0 Å². The number of carbonyl (C=O) groups is 1. The van der Waals surface area contributed by atoms with Crippen LogP contribution in [-0.4, -0.2) is 11.6 Å². The molecular weight excluding hydrogens is 262 g/mol. The molecular formula is C18H23NO2. The highest BCUT2D eigenvalue weighted by Crippen LogP contribution is 2.68. The van der Waals surface area contributed by atoms with Crippen molar-refractivity contribution in [2.45, 2.75) is 39.2 Å². The van der Waals surface area contributed by atoms with Crippen molar-refractivity contribution >= 4 is 5.97 Å². The number of hydrogen-bond donors (Lipinski definition) is 0. The molecule has 0 aliphatic heterocycles. The summed E-state index contributed by atoms with van der Waals surface area (Å²) in [7, 11) is 0. The van der Waals surface area contributed by atoms with E-state index in [0.29, 0.717) is 35.5 Å². The zero-order valence-electron chi connectivity index (χ0n) is 13.0. The average molecular weight is 285 g/mol. The zero-order valence-corrected chi connectivity index (χ0v) is 13.0. The van der Waals surface area contributed by atoms with E-state index in [9.17, 15) is 10.1 Å². The highest BCUT2D eigenvalue weighted by molar-refractivity contribution is 5.75. The fourth-order valence-electron chi connectivity index (χ4n) is 5.90. The van der Waals surface area contributed by atoms with Crippen molar-refractivity contribution in [1.82, 2.24) is 0 Å². The largest absolute Gasteiger partial charge is 0.460 e. The molecule has 0 amide bonds. The Hall–Kier alpha value is -1.30. The summed E-state index contributed by atoms with van der Waals surface area (Å²) in [5, 5.41) is 9.62. The van der Waals surface area contributed by atoms with Gasteiger partial charge in [-0.2, -0.15) is 5.26 Å². The molecule has 0 saturated heterocycles. The van der Waals surface area contributed by atoms with Crippen molar-refractivity contribution in [3.63, 3.8) is 0 Å². The van der Waals surface area contributed by atoms with Gasteiger partial charge in [0.25, 0.3) is 0 Å². The second-order valence-corrected chi connectivity index (χ2v) is 8.38. The van der Waals surface area contributed by atoms with Gasteiger partial charge in [-0.1, -0.05) is 12.2 Å². The van der Waals surface area contributed by atoms with Gasteiger partial charge in [-0.25, -0.2) is 0 Å². The molecule has 112 valence electrons. The summed E-state index contributed by atoms with van der Waals surface area (Å²) in [5.41, 5.74) is -0.465. The van der Waals surface area contributed by atoms with Gasteiger partial charge >= 0.3 is 5.97 Å². The number of nitrogens with zero attached hydrogens (tertiary/aromatic N) is 1. The molecule has 0 aromatic carbocycles. The maximum atomic E-state index is 12.6. The molecule has 0 heterocycles. The van der Waals surface area contributed by atoms with Gasteiger partial charge in [0.05, 0.1) is 17.9 Å². The number of nitriles is 1. The zero-order chi connectivity index (χ0) is 14.9. The molecule has 0 aromatic heterocycles. The highest BCUT2D eigenvalue weighted by atomic mass is 16.6. The number of hydrogen-bond acceptors (Lipinski definition) is 3. The lowest BCUT2D eigenvalue weighted by Crippen LogP contribution is -2.42. The Morgan fingerprint density at radius 3 is 2.33 bits per heavy atom. The lowest BCUT2D eigenvalue weighted by Gasteiger charge is -2.39. The standard InChI is InChI=1S/C18H23NO2/c1-18(2,3)21-17(20)16-12-7-11(13(16)8-19)14-9-4-5-10(6-9)15(12)14/h4-5,9-16H,6-7H2,1-3H3. The summed E-state index contributed by atoms with van der Waals surface area (Å²) in [6.45, 7) is 5.72. The highest BCUT2D eigenvalue weighted by Gasteiger charge is 2.66. The molecule has 4 aliphatic rings. The molecule has 3 nitrogen and oxygen atoms in total. The normalized spacial score (nSPS) is 49.2. The van der Waals surface area contributed by atoms with Crippen LogP contribution in [0.15, 0.2) is 12.2 Å². The molecule has 0 aromatic rings. The van der Waals surface area contributed by atoms with E-state index in [0.717, 1.165) is 6.42 Å². The van der Waals surface area contributed by atoms with E-state index >= 15 is 0 Å². The first kappa shape index (κ1) is 13.4. The molecule has 21 heavy (non-hydrogen) atoms. The number of allylic oxidation sites excluding steroid dienone is 2. The average Bonchev–Trinajstić information content (AvgIpc) is 3.12. The summed E-state index contributed by atoms with van der Waals surface area (Å²) in [6.07, 6.45) is 7.04. The molecule has 4 bridgehead atoms. The Morgan fingerprint density at radius 2 is 1.76 bits per heavy atom. The number of esters is 1. The minimum absolute atomic E-state index is 0.126. The quantitative estimate of drug-likeness (QED) is 0.422. The summed E-state index contributed by atoms with van der Waals surface area (Å²) in [6, 6.07) is 2.46. The van der Waals surface area contributed by atoms with Gasteiger partial charge in [0.1, 0.15) is 5.60 Å². The molecule has 0 radical (unpaired) electrons. The molecule has 3 heteroatoms. The minimum atomic E-state index is -0.465. The van der Waals surface area contributed by atoms with E-state index in [1.165, 1.54) is 6.42 Å². The predicted molar refractivity (Wildman–Crippen MR) is 77.8 cm³/mol. The Morgan fingerprint density at radius 1 is 1.14 bits per heavy atom. The summed E-state index contributed by atoms with van der Waals surface area (Å²) >= 11 is 0. The smallest absolute Gasteiger partial charge is 0.311 e. The third-order valence-electron chi connectivity index (χ3n) is 6.25. The van der Waals surface area contributed by atoms with Crippen molar-refractivity contribution in [3.05, 3.63) is 12.2 Å². The van der Waals surface area contributed by atoms with Crippen molar-refractivity contribution < 1.29 is 9.53 Å². The molecule has 3 fully saturated rings. The van der Waals surface area contributed by atoms with E-state index in [4.69, 9.17) is 4.74 Å². The van der Waals surface area contributed by atoms with Gasteiger partial charge in [0, 0.05) is 0 Å². The first-order chi connectivity index (χ1) is 9.90. The Kier molecular flexibility index (Phi) is 2.62. The van der Waals surface area contributed by atoms with E-state index in [1.807, 2.05) is 20.8 Å². The SMILES string of the molecule is CC(C)(C)OC(=O)C1C(C#N)C2CC1C1C3C=CC(C3)C21. The topological polar surface area (TPSA) is 50.1 Å². The summed E-state index contributed by atoms with van der Waals surface area (Å²) in [4.78, 5) is 12.6. The number of ether oxygens (including phenoxy) is 1. The first-order valence-electron chi connectivity index (χ1n) is 8.21. The van der Waals surface area contributed by atoms with Crippen molar-refractivity contribution in [2.75, 3.05) is 0 Å². The van der Waals surface area contributed by atoms with Crippen LogP contribution in [0.3, 0.4) is 0 Å². The van der Waals surface area contributed by atoms with Gasteiger partial charge in [-0.3, -0.25) is 4.79 Å². The fourth-order valence-corrected chi connectivity index (χ4v) is 5.90. The van der Waals surface area contributed by atoms with Gasteiger partial charge in [0.2, 0.25) is 0 Å². The van der Waals surface area contributed by atoms with Crippen LogP contribution in [-0.2, 0) is 9.53 Å². The Labute approximate surface area is 126 Å². The second-order valence-electron chi connectivity index (χ2n) is 8.38. The lowest BCUT2D eigenvalue weighted by atomic mass is 9.65. The van der Waals surface area contributed by atoms with Crippen molar-refractivity contribution in [2.24, 2.45) is 47.3 Å². The molecule has 4 rings (SSSR count). The van der Waals surface area contributed by atoms with Crippen LogP contribution in [0.2, 0.25) is 0 Å². The van der Waals surface area contributed by atoms with Gasteiger partial charge < -0.3 is 4.74 Å². The van der Waals surface area contributed by atoms with Crippen molar-refractivity contribution in [1.29, 1.82) is 5.26 Å². The lowest BCUT2D eigenvalue weighted by molar-refractivity contribution is -0.164. The molecule has 3 saturated carbocycles. The molecule has 8 atom stereocenters. The third kappa shape index (κ3) is 1.74. The van der Waals surface area contributed by atoms with Crippen LogP contribution in [0.25, 0.3) is 0 Å². The molecule has 4 aliphatic carbocycles. The van der Waals surface area contributed by atoms with Crippen LogP contribution in [0.1, 0.15) is 33.6 Å². The minimum Gasteiger partial charge on any atom is -0.460 e. The van der Waals surface area contributed by atoms with E-state index in [2.05, 4.69) is 18.2 Å². The van der Waals surface area contributed by atoms with E-state index < -0.39 is 5.60 Å². The van der Waals surface area contributed by atoms with E-state index in [1.54, 1.807) is 0 Å². The molecule has 0 N–H and O–H groups in total. The molecule has 0 spiro atoms. The van der Waals surface area contributed by atoms with Crippen LogP contribution >= 0.6 is 0 Å². The predicted octanol–water partition coefficient (Wildman–Crippen LogP) is 3.17. The first-order valence-corrected chi connectivity index (χ1v) is 8.21. The van der Waals surface area contributed by atoms with Gasteiger partial charge in [-0.05, 0) is 69.1 Å². The summed E-state index contributed by atoms with van der Waals surface area (Å²) in [5.74, 6) is 2.96. The third-order valence-corrected chi connectivity index (χ3v) is 6.25. The second kappa shape index (κ2) is 4.12. The maximum absolute atomic E-state index is 12.6. The maximum Gasteiger partial charge on any atom is 0.311 e. The van der Waals surface area contributed by atoms with Crippen LogP contribution < -0.4 is 0 Å².